The van der Waals surface area contributed by atoms with Gasteiger partial charge in [-0.05, 0) is 37.2 Å². The fourth-order valence-electron chi connectivity index (χ4n) is 4.97. The molecular weight excluding hydrogens is 514 g/mol. The predicted octanol–water partition coefficient (Wildman–Crippen LogP) is 2.73. The molecule has 14 heteroatoms. The van der Waals surface area contributed by atoms with Crippen LogP contribution in [0.15, 0.2) is 24.5 Å². The molecule has 1 saturated carbocycles. The summed E-state index contributed by atoms with van der Waals surface area (Å²) < 4.78 is 53.1. The van der Waals surface area contributed by atoms with Gasteiger partial charge in [0.05, 0.1) is 27.4 Å². The van der Waals surface area contributed by atoms with Crippen LogP contribution in [-0.2, 0) is 14.8 Å². The van der Waals surface area contributed by atoms with Gasteiger partial charge in [-0.15, -0.1) is 10.2 Å². The van der Waals surface area contributed by atoms with Gasteiger partial charge in [-0.2, -0.15) is 9.97 Å². The van der Waals surface area contributed by atoms with E-state index in [-0.39, 0.29) is 40.6 Å². The summed E-state index contributed by atoms with van der Waals surface area (Å²) in [6.07, 6.45) is 2.52. The van der Waals surface area contributed by atoms with Crippen LogP contribution in [-0.4, -0.2) is 77.9 Å². The number of sulfonamides is 1. The molecule has 4 rings (SSSR count). The number of ether oxygens (including phenoxy) is 4. The van der Waals surface area contributed by atoms with Gasteiger partial charge in [0.15, 0.2) is 11.5 Å². The smallest absolute Gasteiger partial charge is 0.245 e. The third kappa shape index (κ3) is 5.23. The van der Waals surface area contributed by atoms with Gasteiger partial charge in [0.1, 0.15) is 17.3 Å². The van der Waals surface area contributed by atoms with E-state index in [2.05, 4.69) is 43.7 Å². The van der Waals surface area contributed by atoms with Crippen molar-refractivity contribution in [2.45, 2.75) is 45.0 Å². The first kappa shape index (κ1) is 27.5. The summed E-state index contributed by atoms with van der Waals surface area (Å²) in [6, 6.07) is 5.09. The minimum absolute atomic E-state index is 0.112. The lowest BCUT2D eigenvalue weighted by Gasteiger charge is -2.47. The van der Waals surface area contributed by atoms with E-state index in [0.29, 0.717) is 11.6 Å². The molecule has 3 aromatic rings. The largest absolute Gasteiger partial charge is 0.481 e. The van der Waals surface area contributed by atoms with Gasteiger partial charge < -0.3 is 18.9 Å². The molecule has 0 unspecified atom stereocenters. The Morgan fingerprint density at radius 1 is 1.03 bits per heavy atom. The zero-order valence-electron chi connectivity index (χ0n) is 22.5. The summed E-state index contributed by atoms with van der Waals surface area (Å²) in [4.78, 5) is 12.8. The van der Waals surface area contributed by atoms with Gasteiger partial charge in [0.2, 0.25) is 33.6 Å². The van der Waals surface area contributed by atoms with E-state index < -0.39 is 21.4 Å². The molecule has 1 fully saturated rings. The number of hydrogen-bond donors (Lipinski definition) is 1. The topological polar surface area (TPSA) is 152 Å². The molecule has 1 aliphatic carbocycles. The number of anilines is 1. The van der Waals surface area contributed by atoms with E-state index in [1.54, 1.807) is 25.1 Å². The lowest BCUT2D eigenvalue weighted by atomic mass is 9.62. The monoisotopic (exact) mass is 547 g/mol. The quantitative estimate of drug-likeness (QED) is 0.377. The first-order chi connectivity index (χ1) is 18.0. The Morgan fingerprint density at radius 3 is 2.24 bits per heavy atom. The Hall–Kier alpha value is -3.52. The number of nitrogens with one attached hydrogen (secondary N) is 1. The van der Waals surface area contributed by atoms with Crippen molar-refractivity contribution >= 4 is 16.0 Å². The molecule has 38 heavy (non-hydrogen) atoms. The number of pyridine rings is 1. The fourth-order valence-corrected chi connectivity index (χ4v) is 6.23. The third-order valence-corrected chi connectivity index (χ3v) is 8.46. The summed E-state index contributed by atoms with van der Waals surface area (Å²) in [5, 5.41) is 7.53. The van der Waals surface area contributed by atoms with E-state index in [1.807, 2.05) is 0 Å². The molecule has 206 valence electrons. The number of methoxy groups -OCH3 is 4. The Labute approximate surface area is 222 Å². The Kier molecular flexibility index (Phi) is 7.74. The average Bonchev–Trinajstić information content (AvgIpc) is 3.29. The molecule has 0 aliphatic heterocycles. The Balaban J connectivity index is 1.81. The molecule has 1 N–H and O–H groups in total. The van der Waals surface area contributed by atoms with Crippen LogP contribution in [0.25, 0.3) is 17.2 Å². The highest BCUT2D eigenvalue weighted by atomic mass is 32.2. The van der Waals surface area contributed by atoms with Gasteiger partial charge >= 0.3 is 0 Å². The van der Waals surface area contributed by atoms with E-state index in [1.165, 1.54) is 39.3 Å². The van der Waals surface area contributed by atoms with Crippen molar-refractivity contribution in [3.63, 3.8) is 0 Å². The van der Waals surface area contributed by atoms with E-state index in [0.717, 1.165) is 12.8 Å². The summed E-state index contributed by atoms with van der Waals surface area (Å²) in [5.74, 6) is 0.749. The second kappa shape index (κ2) is 10.7. The summed E-state index contributed by atoms with van der Waals surface area (Å²) in [5.41, 5.74) is 0.712. The summed E-state index contributed by atoms with van der Waals surface area (Å²) in [7, 11) is 1.88. The molecule has 3 aromatic heterocycles. The second-order valence-electron chi connectivity index (χ2n) is 9.87. The first-order valence-electron chi connectivity index (χ1n) is 12.0. The SMILES string of the molecule is COc1cccc(-c2nnc(NS(=O)(=O)[C@@H](C)[C@H](OC)C3CC(C)(C)C3)n2-c2c(OC)ncnc2OC)n1. The molecule has 0 saturated heterocycles. The molecule has 0 radical (unpaired) electrons. The van der Waals surface area contributed by atoms with Crippen molar-refractivity contribution < 1.29 is 27.4 Å². The van der Waals surface area contributed by atoms with Crippen LogP contribution in [0, 0.1) is 11.3 Å². The highest BCUT2D eigenvalue weighted by Gasteiger charge is 2.45. The highest BCUT2D eigenvalue weighted by Crippen LogP contribution is 2.48. The van der Waals surface area contributed by atoms with Crippen LogP contribution in [0.1, 0.15) is 33.6 Å². The van der Waals surface area contributed by atoms with E-state index in [4.69, 9.17) is 18.9 Å². The Bertz CT molecular complexity index is 1360. The number of aromatic nitrogens is 6. The maximum absolute atomic E-state index is 13.6. The first-order valence-corrected chi connectivity index (χ1v) is 13.5. The van der Waals surface area contributed by atoms with Gasteiger partial charge in [-0.25, -0.2) is 18.0 Å². The van der Waals surface area contributed by atoms with Crippen LogP contribution in [0.3, 0.4) is 0 Å². The lowest BCUT2D eigenvalue weighted by Crippen LogP contribution is -2.48. The van der Waals surface area contributed by atoms with Crippen molar-refractivity contribution in [2.24, 2.45) is 11.3 Å². The maximum atomic E-state index is 13.6. The molecule has 3 heterocycles. The van der Waals surface area contributed by atoms with Crippen molar-refractivity contribution in [3.05, 3.63) is 24.5 Å². The van der Waals surface area contributed by atoms with Crippen LogP contribution >= 0.6 is 0 Å². The molecule has 1 aliphatic rings. The second-order valence-corrected chi connectivity index (χ2v) is 11.9. The Morgan fingerprint density at radius 2 is 1.68 bits per heavy atom. The van der Waals surface area contributed by atoms with Gasteiger partial charge in [0, 0.05) is 13.2 Å². The summed E-state index contributed by atoms with van der Waals surface area (Å²) in [6.45, 7) is 5.94. The number of nitrogens with zero attached hydrogens (tertiary/aromatic N) is 6. The van der Waals surface area contributed by atoms with Gasteiger partial charge in [-0.1, -0.05) is 19.9 Å². The predicted molar refractivity (Wildman–Crippen MR) is 139 cm³/mol. The van der Waals surface area contributed by atoms with E-state index >= 15 is 0 Å². The van der Waals surface area contributed by atoms with Crippen molar-refractivity contribution in [1.82, 2.24) is 29.7 Å². The molecule has 0 spiro atoms. The van der Waals surface area contributed by atoms with Crippen LogP contribution in [0.2, 0.25) is 0 Å². The minimum atomic E-state index is -4.00. The van der Waals surface area contributed by atoms with Crippen LogP contribution in [0.4, 0.5) is 5.95 Å². The zero-order chi connectivity index (χ0) is 27.7. The lowest BCUT2D eigenvalue weighted by molar-refractivity contribution is -0.0367. The van der Waals surface area contributed by atoms with Gasteiger partial charge in [0.25, 0.3) is 0 Å². The molecule has 2 atom stereocenters. The number of rotatable bonds is 11. The maximum Gasteiger partial charge on any atom is 0.245 e. The molecular formula is C24H33N7O6S. The van der Waals surface area contributed by atoms with Crippen molar-refractivity contribution in [2.75, 3.05) is 33.2 Å². The molecule has 0 amide bonds. The number of hydrogen-bond acceptors (Lipinski definition) is 11. The van der Waals surface area contributed by atoms with E-state index in [9.17, 15) is 8.42 Å². The zero-order valence-corrected chi connectivity index (χ0v) is 23.3. The molecule has 0 bridgehead atoms. The fraction of sp³-hybridized carbons (Fsp3) is 0.542. The molecule has 13 nitrogen and oxygen atoms in total. The summed E-state index contributed by atoms with van der Waals surface area (Å²) >= 11 is 0. The standard InChI is InChI=1S/C24H33N7O6S/c1-14(19(35-5)15-11-24(2,3)12-15)38(32,33)30-23-29-28-20(16-9-8-10-17(27-16)34-4)31(23)18-21(36-6)25-13-26-22(18)37-7/h8-10,13-15,19H,11-12H2,1-7H3,(H,29,30)/t14-,19-/m0/s1. The van der Waals surface area contributed by atoms with Crippen LogP contribution in [0.5, 0.6) is 17.6 Å². The molecule has 0 aromatic carbocycles. The van der Waals surface area contributed by atoms with Crippen molar-refractivity contribution in [1.29, 1.82) is 0 Å². The third-order valence-electron chi connectivity index (χ3n) is 6.74. The van der Waals surface area contributed by atoms with Crippen molar-refractivity contribution in [3.8, 4) is 34.8 Å². The minimum Gasteiger partial charge on any atom is -0.481 e. The highest BCUT2D eigenvalue weighted by molar-refractivity contribution is 7.93. The normalized spacial score (nSPS) is 16.8. The average molecular weight is 548 g/mol. The van der Waals surface area contributed by atoms with Gasteiger partial charge in [-0.3, -0.25) is 4.72 Å². The van der Waals surface area contributed by atoms with Crippen LogP contribution < -0.4 is 18.9 Å².